The number of ether oxygens (including phenoxy) is 1. The predicted molar refractivity (Wildman–Crippen MR) is 106 cm³/mol. The molecule has 0 radical (unpaired) electrons. The summed E-state index contributed by atoms with van der Waals surface area (Å²) in [7, 11) is -1.45. The van der Waals surface area contributed by atoms with E-state index in [0.29, 0.717) is 37.4 Å². The van der Waals surface area contributed by atoms with E-state index >= 15 is 0 Å². The molecule has 1 aliphatic rings. The zero-order chi connectivity index (χ0) is 19.3. The largest absolute Gasteiger partial charge is 0.494 e. The number of anilines is 1. The van der Waals surface area contributed by atoms with Gasteiger partial charge in [0.2, 0.25) is 10.0 Å². The summed E-state index contributed by atoms with van der Waals surface area (Å²) in [5, 5.41) is 0. The second-order valence-electron chi connectivity index (χ2n) is 6.53. The molecule has 0 spiro atoms. The monoisotopic (exact) mass is 388 g/mol. The maximum Gasteiger partial charge on any atom is 0.253 e. The van der Waals surface area contributed by atoms with Crippen molar-refractivity contribution in [1.82, 2.24) is 4.90 Å². The Morgan fingerprint density at radius 1 is 1.11 bits per heavy atom. The fourth-order valence-corrected chi connectivity index (χ4v) is 4.59. The molecule has 0 bridgehead atoms. The van der Waals surface area contributed by atoms with Gasteiger partial charge in [-0.15, -0.1) is 0 Å². The summed E-state index contributed by atoms with van der Waals surface area (Å²) < 4.78 is 31.0. The number of para-hydroxylation sites is 1. The Morgan fingerprint density at radius 2 is 1.81 bits per heavy atom. The SMILES string of the molecule is CN(CCCOc1ccccc1)C(=O)c1ccc(N2CCCS2(=O)=O)cc1. The Hall–Kier alpha value is -2.54. The highest BCUT2D eigenvalue weighted by atomic mass is 32.2. The fourth-order valence-electron chi connectivity index (χ4n) is 3.03. The molecule has 0 unspecified atom stereocenters. The molecule has 144 valence electrons. The number of nitrogens with zero attached hydrogens (tertiary/aromatic N) is 2. The van der Waals surface area contributed by atoms with Crippen LogP contribution >= 0.6 is 0 Å². The maximum absolute atomic E-state index is 12.5. The first-order valence-electron chi connectivity index (χ1n) is 9.01. The van der Waals surface area contributed by atoms with Crippen molar-refractivity contribution in [2.24, 2.45) is 0 Å². The third-order valence-electron chi connectivity index (χ3n) is 4.50. The van der Waals surface area contributed by atoms with Crippen molar-refractivity contribution in [2.45, 2.75) is 12.8 Å². The highest BCUT2D eigenvalue weighted by Crippen LogP contribution is 2.24. The average molecular weight is 388 g/mol. The molecule has 0 aliphatic carbocycles. The number of benzene rings is 2. The van der Waals surface area contributed by atoms with Crippen LogP contribution in [0.3, 0.4) is 0 Å². The van der Waals surface area contributed by atoms with Gasteiger partial charge in [0.1, 0.15) is 5.75 Å². The van der Waals surface area contributed by atoms with Crippen LogP contribution in [0.25, 0.3) is 0 Å². The average Bonchev–Trinajstić information content (AvgIpc) is 3.04. The normalized spacial score (nSPS) is 15.5. The van der Waals surface area contributed by atoms with E-state index in [4.69, 9.17) is 4.74 Å². The van der Waals surface area contributed by atoms with Gasteiger partial charge in [-0.25, -0.2) is 8.42 Å². The van der Waals surface area contributed by atoms with Gasteiger partial charge in [0.05, 0.1) is 18.0 Å². The van der Waals surface area contributed by atoms with Crippen molar-refractivity contribution in [3.05, 3.63) is 60.2 Å². The number of sulfonamides is 1. The highest BCUT2D eigenvalue weighted by molar-refractivity contribution is 7.93. The van der Waals surface area contributed by atoms with E-state index < -0.39 is 10.0 Å². The molecule has 3 rings (SSSR count). The molecule has 1 saturated heterocycles. The molecule has 1 heterocycles. The summed E-state index contributed by atoms with van der Waals surface area (Å²) in [4.78, 5) is 14.2. The van der Waals surface area contributed by atoms with Crippen LogP contribution in [0, 0.1) is 0 Å². The molecular weight excluding hydrogens is 364 g/mol. The highest BCUT2D eigenvalue weighted by Gasteiger charge is 2.28. The Labute approximate surface area is 160 Å². The maximum atomic E-state index is 12.5. The van der Waals surface area contributed by atoms with E-state index in [9.17, 15) is 13.2 Å². The van der Waals surface area contributed by atoms with Gasteiger partial charge in [0.25, 0.3) is 5.91 Å². The van der Waals surface area contributed by atoms with Gasteiger partial charge in [-0.3, -0.25) is 9.10 Å². The van der Waals surface area contributed by atoms with Crippen molar-refractivity contribution in [2.75, 3.05) is 36.8 Å². The molecule has 2 aromatic rings. The van der Waals surface area contributed by atoms with Crippen LogP contribution in [-0.4, -0.2) is 51.7 Å². The number of carbonyl (C=O) groups excluding carboxylic acids is 1. The number of rotatable bonds is 7. The third kappa shape index (κ3) is 4.80. The van der Waals surface area contributed by atoms with Crippen molar-refractivity contribution in [3.63, 3.8) is 0 Å². The summed E-state index contributed by atoms with van der Waals surface area (Å²) in [5.41, 5.74) is 1.16. The second kappa shape index (κ2) is 8.43. The third-order valence-corrected chi connectivity index (χ3v) is 6.37. The predicted octanol–water partition coefficient (Wildman–Crippen LogP) is 2.77. The van der Waals surface area contributed by atoms with Gasteiger partial charge in [-0.1, -0.05) is 18.2 Å². The first-order valence-corrected chi connectivity index (χ1v) is 10.6. The Morgan fingerprint density at radius 3 is 2.44 bits per heavy atom. The Balaban J connectivity index is 1.51. The molecule has 27 heavy (non-hydrogen) atoms. The molecular formula is C20H24N2O4S. The molecule has 0 aromatic heterocycles. The van der Waals surface area contributed by atoms with E-state index in [1.165, 1.54) is 4.31 Å². The first kappa shape index (κ1) is 19.2. The zero-order valence-corrected chi connectivity index (χ0v) is 16.2. The lowest BCUT2D eigenvalue weighted by molar-refractivity contribution is 0.0788. The summed E-state index contributed by atoms with van der Waals surface area (Å²) in [6.45, 7) is 1.61. The molecule has 7 heteroatoms. The van der Waals surface area contributed by atoms with E-state index in [2.05, 4.69) is 0 Å². The molecule has 1 amide bonds. The quantitative estimate of drug-likeness (QED) is 0.684. The molecule has 1 fully saturated rings. The lowest BCUT2D eigenvalue weighted by atomic mass is 10.2. The lowest BCUT2D eigenvalue weighted by Gasteiger charge is -2.19. The van der Waals surface area contributed by atoms with Crippen LogP contribution in [0.5, 0.6) is 5.75 Å². The summed E-state index contributed by atoms with van der Waals surface area (Å²) in [5.74, 6) is 0.908. The van der Waals surface area contributed by atoms with E-state index in [1.807, 2.05) is 30.3 Å². The van der Waals surface area contributed by atoms with Crippen LogP contribution in [0.4, 0.5) is 5.69 Å². The van der Waals surface area contributed by atoms with Gasteiger partial charge in [0.15, 0.2) is 0 Å². The number of amides is 1. The first-order chi connectivity index (χ1) is 13.0. The van der Waals surface area contributed by atoms with Crippen LogP contribution < -0.4 is 9.04 Å². The van der Waals surface area contributed by atoms with E-state index in [0.717, 1.165) is 12.2 Å². The number of carbonyl (C=O) groups is 1. The molecule has 0 atom stereocenters. The molecule has 0 N–H and O–H groups in total. The van der Waals surface area contributed by atoms with Gasteiger partial charge < -0.3 is 9.64 Å². The van der Waals surface area contributed by atoms with Crippen LogP contribution in [0.2, 0.25) is 0 Å². The Bertz CT molecular complexity index is 867. The molecule has 1 aliphatic heterocycles. The number of hydrogen-bond acceptors (Lipinski definition) is 4. The minimum atomic E-state index is -3.20. The molecule has 6 nitrogen and oxygen atoms in total. The van der Waals surface area contributed by atoms with Crippen molar-refractivity contribution in [3.8, 4) is 5.75 Å². The van der Waals surface area contributed by atoms with E-state index in [1.54, 1.807) is 36.2 Å². The van der Waals surface area contributed by atoms with Crippen LogP contribution in [0.15, 0.2) is 54.6 Å². The van der Waals surface area contributed by atoms with Gasteiger partial charge in [-0.05, 0) is 49.2 Å². The zero-order valence-electron chi connectivity index (χ0n) is 15.4. The Kier molecular flexibility index (Phi) is 6.01. The fraction of sp³-hybridized carbons (Fsp3) is 0.350. The van der Waals surface area contributed by atoms with Crippen molar-refractivity contribution in [1.29, 1.82) is 0 Å². The summed E-state index contributed by atoms with van der Waals surface area (Å²) in [6, 6.07) is 16.3. The lowest BCUT2D eigenvalue weighted by Crippen LogP contribution is -2.29. The van der Waals surface area contributed by atoms with Crippen LogP contribution in [-0.2, 0) is 10.0 Å². The van der Waals surface area contributed by atoms with Crippen LogP contribution in [0.1, 0.15) is 23.2 Å². The smallest absolute Gasteiger partial charge is 0.253 e. The topological polar surface area (TPSA) is 66.9 Å². The second-order valence-corrected chi connectivity index (χ2v) is 8.54. The van der Waals surface area contributed by atoms with Crippen molar-refractivity contribution < 1.29 is 17.9 Å². The van der Waals surface area contributed by atoms with Gasteiger partial charge in [0, 0.05) is 25.7 Å². The standard InChI is InChI=1S/C20H24N2O4S/c1-21(13-5-15-26-19-7-3-2-4-8-19)20(23)17-9-11-18(12-10-17)22-14-6-16-27(22,24)25/h2-4,7-12H,5-6,13-16H2,1H3. The summed E-state index contributed by atoms with van der Waals surface area (Å²) >= 11 is 0. The molecule has 0 saturated carbocycles. The van der Waals surface area contributed by atoms with E-state index in [-0.39, 0.29) is 11.7 Å². The summed E-state index contributed by atoms with van der Waals surface area (Å²) in [6.07, 6.45) is 1.36. The minimum absolute atomic E-state index is 0.0921. The van der Waals surface area contributed by atoms with Crippen molar-refractivity contribution >= 4 is 21.6 Å². The van der Waals surface area contributed by atoms with Gasteiger partial charge in [-0.2, -0.15) is 0 Å². The van der Waals surface area contributed by atoms with Gasteiger partial charge >= 0.3 is 0 Å². The number of hydrogen-bond donors (Lipinski definition) is 0. The molecule has 2 aromatic carbocycles. The minimum Gasteiger partial charge on any atom is -0.494 e.